The topological polar surface area (TPSA) is 95.3 Å². The third-order valence-electron chi connectivity index (χ3n) is 1.29. The first-order chi connectivity index (χ1) is 6.24. The van der Waals surface area contributed by atoms with Crippen LogP contribution in [0.15, 0.2) is 6.20 Å². The van der Waals surface area contributed by atoms with E-state index in [0.717, 1.165) is 11.5 Å². The van der Waals surface area contributed by atoms with E-state index in [9.17, 15) is 4.79 Å². The predicted molar refractivity (Wildman–Crippen MR) is 45.3 cm³/mol. The average Bonchev–Trinajstić information content (AvgIpc) is 2.66. The number of aliphatic hydroxyl groups excluding tert-OH is 2. The van der Waals surface area contributed by atoms with Gasteiger partial charge in [-0.05, 0) is 11.5 Å². The molecule has 0 radical (unpaired) electrons. The second kappa shape index (κ2) is 4.85. The molecule has 0 aliphatic rings. The van der Waals surface area contributed by atoms with Gasteiger partial charge in [-0.1, -0.05) is 4.49 Å². The lowest BCUT2D eigenvalue weighted by Crippen LogP contribution is -2.33. The van der Waals surface area contributed by atoms with Crippen molar-refractivity contribution in [3.63, 3.8) is 0 Å². The van der Waals surface area contributed by atoms with E-state index < -0.39 is 6.10 Å². The molecule has 0 aliphatic heterocycles. The molecule has 1 unspecified atom stereocenters. The molecule has 0 saturated carbocycles. The van der Waals surface area contributed by atoms with E-state index >= 15 is 0 Å². The summed E-state index contributed by atoms with van der Waals surface area (Å²) in [6.45, 7) is -0.353. The van der Waals surface area contributed by atoms with Crippen molar-refractivity contribution in [1.29, 1.82) is 0 Å². The lowest BCUT2D eigenvalue weighted by Gasteiger charge is -2.06. The van der Waals surface area contributed by atoms with Crippen molar-refractivity contribution < 1.29 is 15.0 Å². The monoisotopic (exact) mass is 203 g/mol. The van der Waals surface area contributed by atoms with Crippen molar-refractivity contribution in [3.8, 4) is 0 Å². The van der Waals surface area contributed by atoms with E-state index in [0.29, 0.717) is 4.88 Å². The minimum Gasteiger partial charge on any atom is -0.394 e. The molecule has 1 rings (SSSR count). The lowest BCUT2D eigenvalue weighted by atomic mass is 10.3. The zero-order valence-electron chi connectivity index (χ0n) is 6.67. The van der Waals surface area contributed by atoms with Crippen LogP contribution < -0.4 is 5.32 Å². The summed E-state index contributed by atoms with van der Waals surface area (Å²) < 4.78 is 3.51. The van der Waals surface area contributed by atoms with E-state index in [2.05, 4.69) is 14.9 Å². The first-order valence-corrected chi connectivity index (χ1v) is 4.36. The molecule has 1 aromatic rings. The number of nitrogens with zero attached hydrogens (tertiary/aromatic N) is 2. The SMILES string of the molecule is O=C(NCC(O)CO)c1cnns1. The van der Waals surface area contributed by atoms with Crippen LogP contribution in [0.3, 0.4) is 0 Å². The van der Waals surface area contributed by atoms with Crippen LogP contribution in [0.4, 0.5) is 0 Å². The number of hydrogen-bond acceptors (Lipinski definition) is 6. The van der Waals surface area contributed by atoms with Crippen LogP contribution in [0.25, 0.3) is 0 Å². The first kappa shape index (κ1) is 10.0. The fourth-order valence-corrected chi connectivity index (χ4v) is 1.06. The first-order valence-electron chi connectivity index (χ1n) is 3.58. The summed E-state index contributed by atoms with van der Waals surface area (Å²) in [5.74, 6) is -0.345. The number of carbonyl (C=O) groups is 1. The van der Waals surface area contributed by atoms with Crippen LogP contribution >= 0.6 is 11.5 Å². The largest absolute Gasteiger partial charge is 0.394 e. The second-order valence-corrected chi connectivity index (χ2v) is 3.11. The smallest absolute Gasteiger partial charge is 0.264 e. The van der Waals surface area contributed by atoms with E-state index in [-0.39, 0.29) is 19.1 Å². The highest BCUT2D eigenvalue weighted by Crippen LogP contribution is 2.00. The number of amides is 1. The maximum atomic E-state index is 11.2. The van der Waals surface area contributed by atoms with Gasteiger partial charge in [0.15, 0.2) is 0 Å². The van der Waals surface area contributed by atoms with Gasteiger partial charge in [0.2, 0.25) is 0 Å². The molecule has 3 N–H and O–H groups in total. The van der Waals surface area contributed by atoms with Crippen molar-refractivity contribution in [3.05, 3.63) is 11.1 Å². The van der Waals surface area contributed by atoms with E-state index in [1.54, 1.807) is 0 Å². The molecule has 0 aromatic carbocycles. The summed E-state index contributed by atoms with van der Waals surface area (Å²) in [7, 11) is 0. The van der Waals surface area contributed by atoms with Crippen LogP contribution in [0.2, 0.25) is 0 Å². The fourth-order valence-electron chi connectivity index (χ4n) is 0.629. The standard InChI is InChI=1S/C6H9N3O3S/c10-3-4(11)1-7-6(12)5-2-8-9-13-5/h2,4,10-11H,1,3H2,(H,7,12). The second-order valence-electron chi connectivity index (χ2n) is 2.33. The quantitative estimate of drug-likeness (QED) is 0.560. The Kier molecular flexibility index (Phi) is 3.74. The fraction of sp³-hybridized carbons (Fsp3) is 0.500. The van der Waals surface area contributed by atoms with Gasteiger partial charge in [0.25, 0.3) is 5.91 Å². The summed E-state index contributed by atoms with van der Waals surface area (Å²) in [6.07, 6.45) is 0.413. The Morgan fingerprint density at radius 3 is 3.08 bits per heavy atom. The van der Waals surface area contributed by atoms with Crippen LogP contribution in [-0.4, -0.2) is 45.0 Å². The van der Waals surface area contributed by atoms with Gasteiger partial charge in [0, 0.05) is 6.54 Å². The zero-order chi connectivity index (χ0) is 9.68. The number of aliphatic hydroxyl groups is 2. The average molecular weight is 203 g/mol. The molecule has 6 nitrogen and oxygen atoms in total. The Balaban J connectivity index is 2.35. The van der Waals surface area contributed by atoms with Gasteiger partial charge in [-0.2, -0.15) is 0 Å². The highest BCUT2D eigenvalue weighted by Gasteiger charge is 2.09. The van der Waals surface area contributed by atoms with Crippen molar-refractivity contribution in [2.75, 3.05) is 13.2 Å². The maximum absolute atomic E-state index is 11.2. The molecule has 0 spiro atoms. The van der Waals surface area contributed by atoms with Gasteiger partial charge in [0.05, 0.1) is 18.9 Å². The highest BCUT2D eigenvalue weighted by molar-refractivity contribution is 7.07. The Morgan fingerprint density at radius 1 is 1.77 bits per heavy atom. The number of hydrogen-bond donors (Lipinski definition) is 3. The highest BCUT2D eigenvalue weighted by atomic mass is 32.1. The van der Waals surface area contributed by atoms with E-state index in [1.807, 2.05) is 0 Å². The van der Waals surface area contributed by atoms with E-state index in [4.69, 9.17) is 10.2 Å². The lowest BCUT2D eigenvalue weighted by molar-refractivity contribution is 0.0804. The Labute approximate surface area is 78.4 Å². The van der Waals surface area contributed by atoms with Crippen LogP contribution in [-0.2, 0) is 0 Å². The van der Waals surface area contributed by atoms with Crippen molar-refractivity contribution in [2.45, 2.75) is 6.10 Å². The molecule has 13 heavy (non-hydrogen) atoms. The summed E-state index contributed by atoms with van der Waals surface area (Å²) >= 11 is 0.973. The van der Waals surface area contributed by atoms with Gasteiger partial charge in [-0.15, -0.1) is 5.10 Å². The molecule has 0 saturated heterocycles. The number of carbonyl (C=O) groups excluding carboxylic acids is 1. The number of nitrogens with one attached hydrogen (secondary N) is 1. The molecule has 72 valence electrons. The van der Waals surface area contributed by atoms with Gasteiger partial charge < -0.3 is 15.5 Å². The Hall–Kier alpha value is -1.05. The molecule has 1 aromatic heterocycles. The molecule has 1 amide bonds. The summed E-state index contributed by atoms with van der Waals surface area (Å²) in [4.78, 5) is 11.5. The Morgan fingerprint density at radius 2 is 2.54 bits per heavy atom. The molecule has 0 fully saturated rings. The molecule has 7 heteroatoms. The molecule has 1 atom stereocenters. The van der Waals surface area contributed by atoms with E-state index in [1.165, 1.54) is 6.20 Å². The van der Waals surface area contributed by atoms with Gasteiger partial charge in [0.1, 0.15) is 4.88 Å². The van der Waals surface area contributed by atoms with Crippen LogP contribution in [0.1, 0.15) is 9.67 Å². The zero-order valence-corrected chi connectivity index (χ0v) is 7.49. The van der Waals surface area contributed by atoms with Crippen molar-refractivity contribution in [2.24, 2.45) is 0 Å². The van der Waals surface area contributed by atoms with Crippen molar-refractivity contribution in [1.82, 2.24) is 14.9 Å². The molecule has 0 bridgehead atoms. The molecular weight excluding hydrogens is 194 g/mol. The predicted octanol–water partition coefficient (Wildman–Crippen LogP) is -1.38. The van der Waals surface area contributed by atoms with Gasteiger partial charge >= 0.3 is 0 Å². The maximum Gasteiger partial charge on any atom is 0.264 e. The van der Waals surface area contributed by atoms with Gasteiger partial charge in [-0.3, -0.25) is 4.79 Å². The summed E-state index contributed by atoms with van der Waals surface area (Å²) in [5.41, 5.74) is 0. The third-order valence-corrected chi connectivity index (χ3v) is 1.96. The van der Waals surface area contributed by atoms with Crippen molar-refractivity contribution >= 4 is 17.4 Å². The van der Waals surface area contributed by atoms with Gasteiger partial charge in [-0.25, -0.2) is 0 Å². The summed E-state index contributed by atoms with van der Waals surface area (Å²) in [6, 6.07) is 0. The minimum absolute atomic E-state index is 0.0211. The number of aromatic nitrogens is 2. The third kappa shape index (κ3) is 3.05. The molecule has 0 aliphatic carbocycles. The normalized spacial score (nSPS) is 12.5. The Bertz CT molecular complexity index is 264. The number of rotatable bonds is 4. The molecule has 1 heterocycles. The minimum atomic E-state index is -0.926. The summed E-state index contributed by atoms with van der Waals surface area (Å²) in [5, 5.41) is 23.3. The van der Waals surface area contributed by atoms with Crippen LogP contribution in [0, 0.1) is 0 Å². The molecular formula is C6H9N3O3S. The van der Waals surface area contributed by atoms with Crippen LogP contribution in [0.5, 0.6) is 0 Å².